The highest BCUT2D eigenvalue weighted by Gasteiger charge is 2.23. The third-order valence-electron chi connectivity index (χ3n) is 3.91. The predicted molar refractivity (Wildman–Crippen MR) is 103 cm³/mol. The van der Waals surface area contributed by atoms with Gasteiger partial charge in [0, 0.05) is 18.7 Å². The first kappa shape index (κ1) is 21.0. The van der Waals surface area contributed by atoms with E-state index in [4.69, 9.17) is 0 Å². The minimum Gasteiger partial charge on any atom is -0.465 e. The zero-order valence-electron chi connectivity index (χ0n) is 15.6. The molecule has 0 spiro atoms. The third-order valence-corrected chi connectivity index (χ3v) is 7.01. The number of aromatic nitrogens is 1. The Morgan fingerprint density at radius 1 is 1.22 bits per heavy atom. The quantitative estimate of drug-likeness (QED) is 0.732. The number of nitrogens with one attached hydrogen (secondary N) is 1. The number of hydrogen-bond donors (Lipinski definition) is 1. The fourth-order valence-electron chi connectivity index (χ4n) is 2.12. The minimum absolute atomic E-state index is 0.105. The molecule has 146 valence electrons. The molecule has 0 saturated carbocycles. The van der Waals surface area contributed by atoms with Gasteiger partial charge in [0.25, 0.3) is 5.91 Å². The molecule has 8 nitrogen and oxygen atoms in total. The van der Waals surface area contributed by atoms with E-state index >= 15 is 0 Å². The van der Waals surface area contributed by atoms with E-state index in [1.54, 1.807) is 20.8 Å². The molecule has 2 rings (SSSR count). The first-order valence-electron chi connectivity index (χ1n) is 8.03. The molecular weight excluding hydrogens is 390 g/mol. The van der Waals surface area contributed by atoms with Crippen molar-refractivity contribution in [1.29, 1.82) is 0 Å². The summed E-state index contributed by atoms with van der Waals surface area (Å²) in [5.74, 6) is -0.976. The fourth-order valence-corrected chi connectivity index (χ4v) is 4.37. The van der Waals surface area contributed by atoms with E-state index < -0.39 is 21.9 Å². The lowest BCUT2D eigenvalue weighted by Crippen LogP contribution is -2.33. The standard InChI is InChI=1S/C17H21N3O5S2/c1-10(2)20(4)27(23,24)13-8-6-12(7-9-13)15(21)19-17-18-11(3)14(26-17)16(22)25-5/h6-10H,1-5H3,(H,18,19,21). The van der Waals surface area contributed by atoms with Gasteiger partial charge in [-0.15, -0.1) is 0 Å². The van der Waals surface area contributed by atoms with Crippen molar-refractivity contribution in [3.63, 3.8) is 0 Å². The van der Waals surface area contributed by atoms with Crippen molar-refractivity contribution in [1.82, 2.24) is 9.29 Å². The van der Waals surface area contributed by atoms with Crippen LogP contribution in [-0.4, -0.2) is 49.8 Å². The number of nitrogens with zero attached hydrogens (tertiary/aromatic N) is 2. The largest absolute Gasteiger partial charge is 0.465 e. The van der Waals surface area contributed by atoms with Crippen LogP contribution in [-0.2, 0) is 14.8 Å². The Morgan fingerprint density at radius 3 is 2.33 bits per heavy atom. The van der Waals surface area contributed by atoms with E-state index in [2.05, 4.69) is 15.0 Å². The Kier molecular flexibility index (Phi) is 6.34. The average Bonchev–Trinajstić information content (AvgIpc) is 3.00. The summed E-state index contributed by atoms with van der Waals surface area (Å²) in [5, 5.41) is 2.86. The number of ether oxygens (including phenoxy) is 1. The van der Waals surface area contributed by atoms with Crippen LogP contribution >= 0.6 is 11.3 Å². The molecule has 1 N–H and O–H groups in total. The number of hydrogen-bond acceptors (Lipinski definition) is 7. The summed E-state index contributed by atoms with van der Waals surface area (Å²) >= 11 is 1.01. The van der Waals surface area contributed by atoms with Gasteiger partial charge in [0.1, 0.15) is 4.88 Å². The summed E-state index contributed by atoms with van der Waals surface area (Å²) in [4.78, 5) is 28.5. The van der Waals surface area contributed by atoms with Crippen molar-refractivity contribution in [2.45, 2.75) is 31.7 Å². The molecule has 0 aliphatic rings. The maximum Gasteiger partial charge on any atom is 0.350 e. The lowest BCUT2D eigenvalue weighted by molar-refractivity contribution is 0.0605. The van der Waals surface area contributed by atoms with E-state index in [1.807, 2.05) is 0 Å². The molecular formula is C17H21N3O5S2. The van der Waals surface area contributed by atoms with Crippen molar-refractivity contribution in [2.24, 2.45) is 0 Å². The van der Waals surface area contributed by atoms with E-state index in [9.17, 15) is 18.0 Å². The molecule has 10 heteroatoms. The van der Waals surface area contributed by atoms with Gasteiger partial charge in [0.2, 0.25) is 10.0 Å². The van der Waals surface area contributed by atoms with Gasteiger partial charge >= 0.3 is 5.97 Å². The molecule has 1 aromatic carbocycles. The van der Waals surface area contributed by atoms with Crippen LogP contribution in [0.2, 0.25) is 0 Å². The molecule has 1 aromatic heterocycles. The highest BCUT2D eigenvalue weighted by atomic mass is 32.2. The van der Waals surface area contributed by atoms with E-state index in [1.165, 1.54) is 42.7 Å². The topological polar surface area (TPSA) is 106 Å². The predicted octanol–water partition coefficient (Wildman–Crippen LogP) is 2.52. The summed E-state index contributed by atoms with van der Waals surface area (Å²) in [7, 11) is -0.840. The number of thiazole rings is 1. The SMILES string of the molecule is COC(=O)c1sc(NC(=O)c2ccc(S(=O)(=O)N(C)C(C)C)cc2)nc1C. The average molecular weight is 412 g/mol. The van der Waals surface area contributed by atoms with Crippen molar-refractivity contribution in [2.75, 3.05) is 19.5 Å². The molecule has 0 bridgehead atoms. The summed E-state index contributed by atoms with van der Waals surface area (Å²) in [5.41, 5.74) is 0.730. The van der Waals surface area contributed by atoms with Gasteiger partial charge in [-0.05, 0) is 45.0 Å². The normalized spacial score (nSPS) is 11.7. The summed E-state index contributed by atoms with van der Waals surface area (Å²) in [6, 6.07) is 5.44. The van der Waals surface area contributed by atoms with Gasteiger partial charge in [-0.1, -0.05) is 11.3 Å². The molecule has 0 aliphatic heterocycles. The van der Waals surface area contributed by atoms with Crippen molar-refractivity contribution < 1.29 is 22.7 Å². The molecule has 1 heterocycles. The Bertz CT molecular complexity index is 949. The van der Waals surface area contributed by atoms with E-state index in [0.29, 0.717) is 10.6 Å². The first-order valence-corrected chi connectivity index (χ1v) is 10.3. The second-order valence-electron chi connectivity index (χ2n) is 6.02. The second-order valence-corrected chi connectivity index (χ2v) is 9.02. The Morgan fingerprint density at radius 2 is 1.81 bits per heavy atom. The number of carbonyl (C=O) groups is 2. The van der Waals surface area contributed by atoms with Crippen LogP contribution in [0.25, 0.3) is 0 Å². The zero-order valence-corrected chi connectivity index (χ0v) is 17.3. The highest BCUT2D eigenvalue weighted by Crippen LogP contribution is 2.24. The summed E-state index contributed by atoms with van der Waals surface area (Å²) < 4.78 is 30.8. The van der Waals surface area contributed by atoms with Crippen LogP contribution < -0.4 is 5.32 Å². The van der Waals surface area contributed by atoms with Crippen molar-refractivity contribution in [3.8, 4) is 0 Å². The molecule has 0 fully saturated rings. The number of anilines is 1. The molecule has 0 atom stereocenters. The number of benzene rings is 1. The third kappa shape index (κ3) is 4.52. The Balaban J connectivity index is 2.18. The number of rotatable bonds is 6. The van der Waals surface area contributed by atoms with Crippen LogP contribution in [0.5, 0.6) is 0 Å². The summed E-state index contributed by atoms with van der Waals surface area (Å²) in [6.45, 7) is 5.19. The monoisotopic (exact) mass is 411 g/mol. The van der Waals surface area contributed by atoms with Gasteiger partial charge in [0.05, 0.1) is 17.7 Å². The van der Waals surface area contributed by atoms with Gasteiger partial charge < -0.3 is 4.74 Å². The van der Waals surface area contributed by atoms with Crippen molar-refractivity contribution >= 4 is 38.4 Å². The fraction of sp³-hybridized carbons (Fsp3) is 0.353. The molecule has 27 heavy (non-hydrogen) atoms. The molecule has 0 saturated heterocycles. The second kappa shape index (κ2) is 8.15. The minimum atomic E-state index is -3.61. The first-order chi connectivity index (χ1) is 12.6. The smallest absolute Gasteiger partial charge is 0.350 e. The van der Waals surface area contributed by atoms with E-state index in [-0.39, 0.29) is 21.6 Å². The Hall–Kier alpha value is -2.30. The van der Waals surface area contributed by atoms with E-state index in [0.717, 1.165) is 11.3 Å². The lowest BCUT2D eigenvalue weighted by atomic mass is 10.2. The highest BCUT2D eigenvalue weighted by molar-refractivity contribution is 7.89. The van der Waals surface area contributed by atoms with Crippen LogP contribution in [0.15, 0.2) is 29.2 Å². The molecule has 0 unspecified atom stereocenters. The lowest BCUT2D eigenvalue weighted by Gasteiger charge is -2.20. The zero-order chi connectivity index (χ0) is 20.4. The van der Waals surface area contributed by atoms with Crippen LogP contribution in [0.1, 0.15) is 39.6 Å². The number of methoxy groups -OCH3 is 1. The maximum atomic E-state index is 12.5. The molecule has 1 amide bonds. The maximum absolute atomic E-state index is 12.5. The number of amides is 1. The van der Waals surface area contributed by atoms with Crippen LogP contribution in [0.3, 0.4) is 0 Å². The van der Waals surface area contributed by atoms with Crippen molar-refractivity contribution in [3.05, 3.63) is 40.4 Å². The van der Waals surface area contributed by atoms with Gasteiger partial charge in [-0.25, -0.2) is 18.2 Å². The van der Waals surface area contributed by atoms with Crippen LogP contribution in [0, 0.1) is 6.92 Å². The summed E-state index contributed by atoms with van der Waals surface area (Å²) in [6.07, 6.45) is 0. The number of sulfonamides is 1. The van der Waals surface area contributed by atoms with Crippen LogP contribution in [0.4, 0.5) is 5.13 Å². The number of esters is 1. The van der Waals surface area contributed by atoms with Gasteiger partial charge in [-0.3, -0.25) is 10.1 Å². The Labute approximate surface area is 162 Å². The molecule has 0 aliphatic carbocycles. The van der Waals surface area contributed by atoms with Gasteiger partial charge in [-0.2, -0.15) is 4.31 Å². The van der Waals surface area contributed by atoms with Gasteiger partial charge in [0.15, 0.2) is 5.13 Å². The number of carbonyl (C=O) groups excluding carboxylic acids is 2. The molecule has 2 aromatic rings. The number of aryl methyl sites for hydroxylation is 1. The molecule has 0 radical (unpaired) electrons.